The van der Waals surface area contributed by atoms with E-state index in [0.29, 0.717) is 11.8 Å². The first-order valence-electron chi connectivity index (χ1n) is 13.5. The van der Waals surface area contributed by atoms with Gasteiger partial charge in [0.1, 0.15) is 0 Å². The third-order valence-corrected chi connectivity index (χ3v) is 16.7. The van der Waals surface area contributed by atoms with Crippen LogP contribution in [0.4, 0.5) is 0 Å². The molecule has 0 aromatic heterocycles. The molecular formula is C29H34Cl2N4O3SeSi. The van der Waals surface area contributed by atoms with Crippen molar-refractivity contribution in [2.45, 2.75) is 79.6 Å². The van der Waals surface area contributed by atoms with Crippen LogP contribution in [0.5, 0.6) is 0 Å². The van der Waals surface area contributed by atoms with Gasteiger partial charge < -0.3 is 0 Å². The van der Waals surface area contributed by atoms with Gasteiger partial charge >= 0.3 is 254 Å². The van der Waals surface area contributed by atoms with E-state index in [-0.39, 0.29) is 59.5 Å². The van der Waals surface area contributed by atoms with Crippen LogP contribution in [0, 0.1) is 0 Å². The van der Waals surface area contributed by atoms with Crippen LogP contribution >= 0.6 is 23.2 Å². The average molecular weight is 665 g/mol. The Morgan fingerprint density at radius 1 is 0.975 bits per heavy atom. The predicted molar refractivity (Wildman–Crippen MR) is 165 cm³/mol. The second-order valence-electron chi connectivity index (χ2n) is 12.0. The zero-order valence-corrected chi connectivity index (χ0v) is 27.4. The quantitative estimate of drug-likeness (QED) is 0.343. The van der Waals surface area contributed by atoms with Gasteiger partial charge in [-0.1, -0.05) is 0 Å². The van der Waals surface area contributed by atoms with Gasteiger partial charge in [-0.15, -0.1) is 0 Å². The van der Waals surface area contributed by atoms with Gasteiger partial charge in [-0.25, -0.2) is 0 Å². The molecule has 0 amide bonds. The molecule has 0 radical (unpaired) electrons. The maximum absolute atomic E-state index is 7.36. The van der Waals surface area contributed by atoms with Crippen molar-refractivity contribution in [2.75, 3.05) is 6.61 Å². The topological polar surface area (TPSA) is 68.0 Å². The van der Waals surface area contributed by atoms with Gasteiger partial charge in [0.2, 0.25) is 0 Å². The summed E-state index contributed by atoms with van der Waals surface area (Å²) in [6.07, 6.45) is 1.28. The summed E-state index contributed by atoms with van der Waals surface area (Å²) in [5, 5.41) is 2.95. The van der Waals surface area contributed by atoms with Crippen LogP contribution in [-0.4, -0.2) is 86.7 Å². The fraction of sp³-hybridized carbons (Fsp3) is 0.483. The van der Waals surface area contributed by atoms with Crippen molar-refractivity contribution in [1.29, 1.82) is 0 Å². The Morgan fingerprint density at radius 2 is 1.57 bits per heavy atom. The van der Waals surface area contributed by atoms with Gasteiger partial charge in [-0.05, 0) is 0 Å². The Morgan fingerprint density at radius 3 is 2.17 bits per heavy atom. The molecule has 6 atom stereocenters. The molecule has 7 nitrogen and oxygen atoms in total. The molecule has 2 saturated heterocycles. The summed E-state index contributed by atoms with van der Waals surface area (Å²) in [7, 11) is -2.70. The second-order valence-corrected chi connectivity index (χ2v) is 19.9. The Bertz CT molecular complexity index is 1300. The first-order chi connectivity index (χ1) is 19.0. The number of amidine groups is 1. The Labute approximate surface area is 253 Å². The SMILES string of the molecule is CC1(C)OC2C(CO[Si](c3ccccc3)(c3ccccc3)C(C)(C)C)[Se]C(N3C=NC4C(Cl)=NC(Cl)=NC43)C2O1. The molecule has 2 fully saturated rings. The molecule has 2 aromatic rings. The summed E-state index contributed by atoms with van der Waals surface area (Å²) in [5.74, 6) is -0.692. The minimum absolute atomic E-state index is 0.0431. The third kappa shape index (κ3) is 4.92. The Kier molecular flexibility index (Phi) is 7.58. The molecule has 11 heteroatoms. The van der Waals surface area contributed by atoms with Crippen LogP contribution in [0.25, 0.3) is 0 Å². The van der Waals surface area contributed by atoms with Crippen molar-refractivity contribution < 1.29 is 13.9 Å². The molecule has 40 heavy (non-hydrogen) atoms. The number of hydrogen-bond donors (Lipinski definition) is 0. The van der Waals surface area contributed by atoms with Crippen molar-refractivity contribution in [3.63, 3.8) is 0 Å². The van der Waals surface area contributed by atoms with E-state index < -0.39 is 14.1 Å². The number of benzene rings is 2. The second kappa shape index (κ2) is 10.6. The van der Waals surface area contributed by atoms with E-state index in [4.69, 9.17) is 37.1 Å². The maximum atomic E-state index is 7.36. The van der Waals surface area contributed by atoms with Crippen LogP contribution in [0.3, 0.4) is 0 Å². The van der Waals surface area contributed by atoms with E-state index in [1.165, 1.54) is 10.4 Å². The first-order valence-corrected chi connectivity index (χ1v) is 18.2. The first kappa shape index (κ1) is 28.6. The number of aliphatic imine (C=N–C) groups is 3. The normalized spacial score (nSPS) is 31.1. The van der Waals surface area contributed by atoms with Crippen molar-refractivity contribution >= 4 is 73.7 Å². The molecule has 0 aliphatic carbocycles. The summed E-state index contributed by atoms with van der Waals surface area (Å²) in [6.45, 7) is 11.5. The van der Waals surface area contributed by atoms with Crippen LogP contribution in [-0.2, 0) is 13.9 Å². The van der Waals surface area contributed by atoms with Gasteiger partial charge in [0.05, 0.1) is 0 Å². The predicted octanol–water partition coefficient (Wildman–Crippen LogP) is 4.20. The van der Waals surface area contributed by atoms with E-state index in [9.17, 15) is 0 Å². The minimum atomic E-state index is -2.70. The molecule has 212 valence electrons. The van der Waals surface area contributed by atoms with E-state index >= 15 is 0 Å². The van der Waals surface area contributed by atoms with Gasteiger partial charge in [0.25, 0.3) is 0 Å². The fourth-order valence-electron chi connectivity index (χ4n) is 6.29. The molecule has 4 aliphatic heterocycles. The standard InChI is InChI=1S/C29H34Cl2N4O3SeSi/c1-28(2,3)40(18-12-8-6-9-13-18,19-14-10-7-11-15-19)36-16-20-22-23(38-29(4,5)37-22)26(39-20)35-17-32-21-24(30)33-27(31)34-25(21)35/h6-15,17,20-23,25-26H,16H2,1-5H3. The van der Waals surface area contributed by atoms with E-state index in [1.807, 2.05) is 20.2 Å². The molecule has 0 bridgehead atoms. The Hall–Kier alpha value is -1.55. The summed E-state index contributed by atoms with van der Waals surface area (Å²) >= 11 is 12.7. The number of ether oxygens (including phenoxy) is 2. The summed E-state index contributed by atoms with van der Waals surface area (Å²) in [6, 6.07) is 21.2. The van der Waals surface area contributed by atoms with Gasteiger partial charge in [-0.2, -0.15) is 0 Å². The number of hydrogen-bond acceptors (Lipinski definition) is 7. The van der Waals surface area contributed by atoms with Crippen molar-refractivity contribution in [3.05, 3.63) is 60.7 Å². The number of halogens is 2. The molecule has 6 unspecified atom stereocenters. The van der Waals surface area contributed by atoms with Crippen molar-refractivity contribution in [1.82, 2.24) is 4.90 Å². The van der Waals surface area contributed by atoms with Crippen molar-refractivity contribution in [2.24, 2.45) is 15.0 Å². The molecule has 0 saturated carbocycles. The molecule has 2 aromatic carbocycles. The number of rotatable bonds is 6. The molecule has 4 heterocycles. The van der Waals surface area contributed by atoms with E-state index in [0.717, 1.165) is 0 Å². The third-order valence-electron chi connectivity index (χ3n) is 7.93. The molecule has 0 spiro atoms. The Balaban J connectivity index is 1.33. The van der Waals surface area contributed by atoms with E-state index in [2.05, 4.69) is 101 Å². The van der Waals surface area contributed by atoms with Crippen LogP contribution < -0.4 is 10.4 Å². The summed E-state index contributed by atoms with van der Waals surface area (Å²) in [5.41, 5.74) is 0. The monoisotopic (exact) mass is 664 g/mol. The molecular weight excluding hydrogens is 630 g/mol. The van der Waals surface area contributed by atoms with Crippen LogP contribution in [0.2, 0.25) is 9.85 Å². The van der Waals surface area contributed by atoms with Crippen molar-refractivity contribution in [3.8, 4) is 0 Å². The number of nitrogens with zero attached hydrogens (tertiary/aromatic N) is 4. The molecule has 4 aliphatic rings. The van der Waals surface area contributed by atoms with Crippen LogP contribution in [0.1, 0.15) is 34.6 Å². The van der Waals surface area contributed by atoms with Gasteiger partial charge in [-0.3, -0.25) is 0 Å². The zero-order valence-electron chi connectivity index (χ0n) is 23.2. The zero-order chi connectivity index (χ0) is 28.3. The van der Waals surface area contributed by atoms with E-state index in [1.54, 1.807) is 0 Å². The van der Waals surface area contributed by atoms with Gasteiger partial charge in [0, 0.05) is 0 Å². The van der Waals surface area contributed by atoms with Gasteiger partial charge in [0.15, 0.2) is 0 Å². The summed E-state index contributed by atoms with van der Waals surface area (Å²) < 4.78 is 20.4. The fourth-order valence-corrected chi connectivity index (χ4v) is 14.9. The van der Waals surface area contributed by atoms with Crippen LogP contribution in [0.15, 0.2) is 75.6 Å². The summed E-state index contributed by atoms with van der Waals surface area (Å²) in [4.78, 5) is 15.7. The molecule has 6 rings (SSSR count). The molecule has 0 N–H and O–H groups in total. The number of fused-ring (bicyclic) bond motifs is 2. The average Bonchev–Trinajstić information content (AvgIpc) is 3.56.